The third kappa shape index (κ3) is 5.22. The SMILES string of the molecule is CC1CN(C)C(C)CN1C.CN1CCN(C)CC1. The number of hydrogen-bond donors (Lipinski definition) is 0. The van der Waals surface area contributed by atoms with Gasteiger partial charge in [-0.1, -0.05) is 0 Å². The largest absolute Gasteiger partial charge is 0.304 e. The maximum absolute atomic E-state index is 2.42. The molecule has 0 spiro atoms. The summed E-state index contributed by atoms with van der Waals surface area (Å²) < 4.78 is 0. The number of hydrogen-bond acceptors (Lipinski definition) is 4. The smallest absolute Gasteiger partial charge is 0.0192 e. The summed E-state index contributed by atoms with van der Waals surface area (Å²) >= 11 is 0. The van der Waals surface area contributed by atoms with E-state index in [2.05, 4.69) is 61.6 Å². The highest BCUT2D eigenvalue weighted by atomic mass is 15.3. The molecule has 0 radical (unpaired) electrons. The van der Waals surface area contributed by atoms with Gasteiger partial charge in [0.1, 0.15) is 0 Å². The summed E-state index contributed by atoms with van der Waals surface area (Å²) in [6, 6.07) is 1.45. The van der Waals surface area contributed by atoms with Crippen LogP contribution in [0.2, 0.25) is 0 Å². The highest BCUT2D eigenvalue weighted by molar-refractivity contribution is 4.80. The van der Waals surface area contributed by atoms with Gasteiger partial charge in [-0.15, -0.1) is 0 Å². The van der Waals surface area contributed by atoms with Crippen LogP contribution in [0.3, 0.4) is 0 Å². The minimum atomic E-state index is 0.723. The lowest BCUT2D eigenvalue weighted by Crippen LogP contribution is -2.53. The van der Waals surface area contributed by atoms with E-state index >= 15 is 0 Å². The number of nitrogens with zero attached hydrogens (tertiary/aromatic N) is 4. The van der Waals surface area contributed by atoms with Gasteiger partial charge in [-0.05, 0) is 42.0 Å². The molecule has 2 atom stereocenters. The first-order chi connectivity index (χ1) is 8.40. The number of rotatable bonds is 0. The van der Waals surface area contributed by atoms with Gasteiger partial charge in [0.15, 0.2) is 0 Å². The second-order valence-electron chi connectivity index (χ2n) is 6.18. The Balaban J connectivity index is 0.000000184. The maximum atomic E-state index is 2.42. The van der Waals surface area contributed by atoms with Crippen molar-refractivity contribution in [1.29, 1.82) is 0 Å². The minimum Gasteiger partial charge on any atom is -0.304 e. The van der Waals surface area contributed by atoms with Crippen molar-refractivity contribution >= 4 is 0 Å². The average molecular weight is 256 g/mol. The molecule has 0 saturated carbocycles. The van der Waals surface area contributed by atoms with Gasteiger partial charge in [-0.2, -0.15) is 0 Å². The topological polar surface area (TPSA) is 13.0 Å². The number of piperazine rings is 2. The van der Waals surface area contributed by atoms with Crippen LogP contribution in [0.25, 0.3) is 0 Å². The van der Waals surface area contributed by atoms with Crippen LogP contribution in [0, 0.1) is 0 Å². The summed E-state index contributed by atoms with van der Waals surface area (Å²) in [7, 11) is 8.75. The quantitative estimate of drug-likeness (QED) is 0.626. The summed E-state index contributed by atoms with van der Waals surface area (Å²) in [6.07, 6.45) is 0. The standard InChI is InChI=1S/C8H18N2.C6H14N2/c1-7-5-10(4)8(2)6-9(7)3;1-7-3-5-8(2)6-4-7/h7-8H,5-6H2,1-4H3;3-6H2,1-2H3. The highest BCUT2D eigenvalue weighted by Gasteiger charge is 2.23. The fraction of sp³-hybridized carbons (Fsp3) is 1.00. The van der Waals surface area contributed by atoms with Crippen LogP contribution >= 0.6 is 0 Å². The molecule has 2 heterocycles. The molecular formula is C14H32N4. The van der Waals surface area contributed by atoms with E-state index in [9.17, 15) is 0 Å². The van der Waals surface area contributed by atoms with Crippen LogP contribution in [0.5, 0.6) is 0 Å². The van der Waals surface area contributed by atoms with Crippen molar-refractivity contribution in [3.8, 4) is 0 Å². The zero-order valence-corrected chi connectivity index (χ0v) is 13.2. The van der Waals surface area contributed by atoms with Gasteiger partial charge in [0.05, 0.1) is 0 Å². The molecule has 0 bridgehead atoms. The molecule has 0 aromatic heterocycles. The van der Waals surface area contributed by atoms with Crippen LogP contribution in [0.15, 0.2) is 0 Å². The highest BCUT2D eigenvalue weighted by Crippen LogP contribution is 2.10. The molecule has 4 nitrogen and oxygen atoms in total. The molecule has 2 fully saturated rings. The summed E-state index contributed by atoms with van der Waals surface area (Å²) in [5.41, 5.74) is 0. The Bertz CT molecular complexity index is 190. The Kier molecular flexibility index (Phi) is 6.57. The predicted octanol–water partition coefficient (Wildman–Crippen LogP) is 0.504. The lowest BCUT2D eigenvalue weighted by Gasteiger charge is -2.40. The second-order valence-corrected chi connectivity index (χ2v) is 6.18. The molecule has 2 aliphatic heterocycles. The lowest BCUT2D eigenvalue weighted by atomic mass is 10.1. The molecule has 0 aromatic carbocycles. The molecule has 2 unspecified atom stereocenters. The van der Waals surface area contributed by atoms with E-state index in [0.29, 0.717) is 0 Å². The molecule has 0 aromatic rings. The summed E-state index contributed by atoms with van der Waals surface area (Å²) in [6.45, 7) is 11.9. The third-order valence-corrected chi connectivity index (χ3v) is 4.34. The predicted molar refractivity (Wildman–Crippen MR) is 79.2 cm³/mol. The van der Waals surface area contributed by atoms with Crippen LogP contribution in [0.4, 0.5) is 0 Å². The fourth-order valence-electron chi connectivity index (χ4n) is 2.38. The molecular weight excluding hydrogens is 224 g/mol. The Morgan fingerprint density at radius 1 is 0.611 bits per heavy atom. The summed E-state index contributed by atoms with van der Waals surface area (Å²) in [4.78, 5) is 9.56. The zero-order chi connectivity index (χ0) is 13.7. The maximum Gasteiger partial charge on any atom is 0.0192 e. The normalized spacial score (nSPS) is 33.0. The zero-order valence-electron chi connectivity index (χ0n) is 13.2. The van der Waals surface area contributed by atoms with Gasteiger partial charge in [0.25, 0.3) is 0 Å². The Morgan fingerprint density at radius 3 is 1.17 bits per heavy atom. The molecule has 0 N–H and O–H groups in total. The lowest BCUT2D eigenvalue weighted by molar-refractivity contribution is 0.0803. The Labute approximate surface area is 114 Å². The van der Waals surface area contributed by atoms with Crippen molar-refractivity contribution in [3.63, 3.8) is 0 Å². The summed E-state index contributed by atoms with van der Waals surface area (Å²) in [5, 5.41) is 0. The van der Waals surface area contributed by atoms with E-state index in [-0.39, 0.29) is 0 Å². The monoisotopic (exact) mass is 256 g/mol. The Hall–Kier alpha value is -0.160. The molecule has 4 heteroatoms. The van der Waals surface area contributed by atoms with E-state index < -0.39 is 0 Å². The van der Waals surface area contributed by atoms with Crippen molar-refractivity contribution in [1.82, 2.24) is 19.6 Å². The first kappa shape index (κ1) is 15.9. The molecule has 2 rings (SSSR count). The van der Waals surface area contributed by atoms with E-state index in [1.807, 2.05) is 0 Å². The van der Waals surface area contributed by atoms with E-state index in [0.717, 1.165) is 12.1 Å². The first-order valence-electron chi connectivity index (χ1n) is 7.17. The van der Waals surface area contributed by atoms with Gasteiger partial charge in [0.2, 0.25) is 0 Å². The van der Waals surface area contributed by atoms with Gasteiger partial charge in [-0.25, -0.2) is 0 Å². The molecule has 2 aliphatic rings. The fourth-order valence-corrected chi connectivity index (χ4v) is 2.38. The Morgan fingerprint density at radius 2 is 0.889 bits per heavy atom. The second kappa shape index (κ2) is 7.43. The van der Waals surface area contributed by atoms with Gasteiger partial charge < -0.3 is 19.6 Å². The minimum absolute atomic E-state index is 0.723. The van der Waals surface area contributed by atoms with E-state index in [1.165, 1.54) is 39.3 Å². The van der Waals surface area contributed by atoms with Gasteiger partial charge >= 0.3 is 0 Å². The average Bonchev–Trinajstić information content (AvgIpc) is 2.31. The van der Waals surface area contributed by atoms with Crippen molar-refractivity contribution in [2.45, 2.75) is 25.9 Å². The molecule has 0 aliphatic carbocycles. The van der Waals surface area contributed by atoms with Crippen LogP contribution in [-0.2, 0) is 0 Å². The summed E-state index contributed by atoms with van der Waals surface area (Å²) in [5.74, 6) is 0. The molecule has 108 valence electrons. The van der Waals surface area contributed by atoms with E-state index in [1.54, 1.807) is 0 Å². The first-order valence-corrected chi connectivity index (χ1v) is 7.17. The third-order valence-electron chi connectivity index (χ3n) is 4.34. The molecule has 2 saturated heterocycles. The molecule has 18 heavy (non-hydrogen) atoms. The van der Waals surface area contributed by atoms with Crippen LogP contribution in [-0.4, -0.2) is 99.1 Å². The number of likely N-dealkylation sites (N-methyl/N-ethyl adjacent to an activating group) is 4. The van der Waals surface area contributed by atoms with Crippen molar-refractivity contribution in [3.05, 3.63) is 0 Å². The van der Waals surface area contributed by atoms with Crippen molar-refractivity contribution in [2.24, 2.45) is 0 Å². The van der Waals surface area contributed by atoms with Gasteiger partial charge in [-0.3, -0.25) is 0 Å². The van der Waals surface area contributed by atoms with Crippen molar-refractivity contribution in [2.75, 3.05) is 67.5 Å². The van der Waals surface area contributed by atoms with Crippen LogP contribution in [0.1, 0.15) is 13.8 Å². The van der Waals surface area contributed by atoms with Gasteiger partial charge in [0, 0.05) is 51.4 Å². The molecule has 0 amide bonds. The van der Waals surface area contributed by atoms with Crippen LogP contribution < -0.4 is 0 Å². The van der Waals surface area contributed by atoms with E-state index in [4.69, 9.17) is 0 Å². The van der Waals surface area contributed by atoms with Crippen molar-refractivity contribution < 1.29 is 0 Å².